The molecular weight excluding hydrogens is 569 g/mol. The lowest BCUT2D eigenvalue weighted by atomic mass is 9.85. The van der Waals surface area contributed by atoms with Crippen molar-refractivity contribution < 1.29 is 4.70 Å². The first-order valence-electron chi connectivity index (χ1n) is 16.2. The monoisotopic (exact) mass is 599 g/mol. The molecule has 1 heterocycles. The number of hydrogen-bond acceptors (Lipinski definition) is 1. The first-order chi connectivity index (χ1) is 23.3. The van der Waals surface area contributed by atoms with Crippen LogP contribution >= 0.6 is 0 Å². The van der Waals surface area contributed by atoms with Gasteiger partial charge in [0.1, 0.15) is 5.69 Å². The summed E-state index contributed by atoms with van der Waals surface area (Å²) >= 11 is 0. The molecule has 0 aliphatic carbocycles. The van der Waals surface area contributed by atoms with Gasteiger partial charge in [0.25, 0.3) is 0 Å². The van der Waals surface area contributed by atoms with E-state index in [2.05, 4.69) is 187 Å². The molecule has 1 aliphatic heterocycles. The van der Waals surface area contributed by atoms with E-state index >= 15 is 0 Å². The topological polar surface area (TPSA) is 15.4 Å². The summed E-state index contributed by atoms with van der Waals surface area (Å²) in [5.41, 5.74) is 11.9. The van der Waals surface area contributed by atoms with Gasteiger partial charge in [-0.1, -0.05) is 144 Å². The molecule has 0 saturated heterocycles. The van der Waals surface area contributed by atoms with E-state index in [0.29, 0.717) is 0 Å². The van der Waals surface area contributed by atoms with Crippen molar-refractivity contribution in [2.24, 2.45) is 5.11 Å². The van der Waals surface area contributed by atoms with Gasteiger partial charge in [-0.25, -0.2) is 0 Å². The molecule has 2 heteroatoms. The van der Waals surface area contributed by atoms with Gasteiger partial charge in [-0.05, 0) is 85.3 Å². The van der Waals surface area contributed by atoms with Crippen LogP contribution in [0.15, 0.2) is 187 Å². The molecule has 0 saturated carbocycles. The van der Waals surface area contributed by atoms with E-state index < -0.39 is 0 Å². The normalized spacial score (nSPS) is 13.9. The van der Waals surface area contributed by atoms with Gasteiger partial charge in [0.05, 0.1) is 5.56 Å². The second-order valence-electron chi connectivity index (χ2n) is 12.2. The van der Waals surface area contributed by atoms with Crippen LogP contribution in [0.5, 0.6) is 0 Å². The fraction of sp³-hybridized carbons (Fsp3) is 0.0222. The van der Waals surface area contributed by atoms with Crippen LogP contribution < -0.4 is 0 Å². The molecule has 220 valence electrons. The fourth-order valence-corrected chi connectivity index (χ4v) is 7.27. The molecule has 1 atom stereocenters. The molecule has 0 N–H and O–H groups in total. The summed E-state index contributed by atoms with van der Waals surface area (Å²) in [5, 5.41) is 10.1. The average molecular weight is 600 g/mol. The predicted octanol–water partition coefficient (Wildman–Crippen LogP) is 12.5. The first-order valence-corrected chi connectivity index (χ1v) is 16.2. The Bertz CT molecular complexity index is 2430. The SMILES string of the molecule is c1ccc(-c2c3ccccc3c(-c3ccccc3)c3cc(-c4ccc([N+]5=Nc6ccccc6C5c5ccccc5)cc4)ccc23)cc1. The molecule has 0 radical (unpaired) electrons. The summed E-state index contributed by atoms with van der Waals surface area (Å²) < 4.78 is 2.16. The minimum Gasteiger partial charge on any atom is -0.0722 e. The number of nitrogens with zero attached hydrogens (tertiary/aromatic N) is 2. The zero-order chi connectivity index (χ0) is 31.2. The zero-order valence-corrected chi connectivity index (χ0v) is 25.8. The molecule has 1 unspecified atom stereocenters. The third kappa shape index (κ3) is 4.65. The van der Waals surface area contributed by atoms with E-state index in [4.69, 9.17) is 5.11 Å². The Morgan fingerprint density at radius 3 is 1.55 bits per heavy atom. The van der Waals surface area contributed by atoms with Crippen LogP contribution in [-0.2, 0) is 0 Å². The van der Waals surface area contributed by atoms with Crippen LogP contribution in [0.2, 0.25) is 0 Å². The molecule has 0 fully saturated rings. The molecular formula is C45H31N2+. The summed E-state index contributed by atoms with van der Waals surface area (Å²) in [4.78, 5) is 0. The molecule has 0 aromatic heterocycles. The molecule has 8 aromatic rings. The Labute approximate surface area is 274 Å². The maximum absolute atomic E-state index is 5.07. The molecule has 8 aromatic carbocycles. The molecule has 1 aliphatic rings. The summed E-state index contributed by atoms with van der Waals surface area (Å²) in [7, 11) is 0. The molecule has 47 heavy (non-hydrogen) atoms. The van der Waals surface area contributed by atoms with E-state index in [9.17, 15) is 0 Å². The van der Waals surface area contributed by atoms with Gasteiger partial charge in [0.2, 0.25) is 11.7 Å². The molecule has 0 spiro atoms. The highest BCUT2D eigenvalue weighted by Crippen LogP contribution is 2.46. The van der Waals surface area contributed by atoms with Crippen LogP contribution in [0.3, 0.4) is 0 Å². The van der Waals surface area contributed by atoms with Crippen molar-refractivity contribution >= 4 is 32.9 Å². The van der Waals surface area contributed by atoms with Crippen LogP contribution in [-0.4, -0.2) is 4.70 Å². The smallest absolute Gasteiger partial charge is 0.0722 e. The van der Waals surface area contributed by atoms with Gasteiger partial charge in [0, 0.05) is 22.8 Å². The summed E-state index contributed by atoms with van der Waals surface area (Å²) in [6.45, 7) is 0. The highest BCUT2D eigenvalue weighted by atomic mass is 15.3. The number of hydrogen-bond donors (Lipinski definition) is 0. The molecule has 2 nitrogen and oxygen atoms in total. The highest BCUT2D eigenvalue weighted by Gasteiger charge is 2.37. The summed E-state index contributed by atoms with van der Waals surface area (Å²) in [6, 6.07) is 65.5. The lowest BCUT2D eigenvalue weighted by Crippen LogP contribution is -2.10. The molecule has 0 amide bonds. The maximum atomic E-state index is 5.07. The van der Waals surface area contributed by atoms with Gasteiger partial charge < -0.3 is 0 Å². The third-order valence-electron chi connectivity index (χ3n) is 9.42. The minimum absolute atomic E-state index is 0.0389. The van der Waals surface area contributed by atoms with Gasteiger partial charge >= 0.3 is 0 Å². The van der Waals surface area contributed by atoms with E-state index in [1.165, 1.54) is 66.1 Å². The van der Waals surface area contributed by atoms with E-state index in [1.54, 1.807) is 0 Å². The average Bonchev–Trinajstić information content (AvgIpc) is 3.54. The van der Waals surface area contributed by atoms with Crippen molar-refractivity contribution in [1.29, 1.82) is 0 Å². The van der Waals surface area contributed by atoms with Crippen molar-refractivity contribution in [2.75, 3.05) is 0 Å². The van der Waals surface area contributed by atoms with Crippen molar-refractivity contribution in [2.45, 2.75) is 6.04 Å². The standard InChI is InChI=1S/C45H31N2/c1-4-14-32(15-5-1)43-37-20-10-11-21-38(37)44(33-16-6-2-7-17-33)41-30-35(26-29-39(41)43)31-24-27-36(28-25-31)47-45(34-18-8-3-9-19-34)40-22-12-13-23-42(40)46-47/h1-30,45H/q+1. The summed E-state index contributed by atoms with van der Waals surface area (Å²) in [6.07, 6.45) is 0. The Balaban J connectivity index is 1.20. The number of azo groups is 2. The Morgan fingerprint density at radius 1 is 0.383 bits per heavy atom. The first kappa shape index (κ1) is 27.2. The van der Waals surface area contributed by atoms with Crippen molar-refractivity contribution in [3.05, 3.63) is 193 Å². The van der Waals surface area contributed by atoms with Gasteiger partial charge in [-0.2, -0.15) is 0 Å². The molecule has 0 bridgehead atoms. The quantitative estimate of drug-likeness (QED) is 0.138. The van der Waals surface area contributed by atoms with Gasteiger partial charge in [0.15, 0.2) is 0 Å². The Morgan fingerprint density at radius 2 is 0.894 bits per heavy atom. The van der Waals surface area contributed by atoms with Crippen molar-refractivity contribution in [1.82, 2.24) is 0 Å². The van der Waals surface area contributed by atoms with E-state index in [1.807, 2.05) is 0 Å². The second-order valence-corrected chi connectivity index (χ2v) is 12.2. The third-order valence-corrected chi connectivity index (χ3v) is 9.42. The van der Waals surface area contributed by atoms with Crippen molar-refractivity contribution in [3.63, 3.8) is 0 Å². The van der Waals surface area contributed by atoms with Gasteiger partial charge in [-0.3, -0.25) is 0 Å². The number of rotatable bonds is 5. The zero-order valence-electron chi connectivity index (χ0n) is 25.8. The van der Waals surface area contributed by atoms with E-state index in [-0.39, 0.29) is 6.04 Å². The lowest BCUT2D eigenvalue weighted by Gasteiger charge is -2.18. The lowest BCUT2D eigenvalue weighted by molar-refractivity contribution is -0.536. The summed E-state index contributed by atoms with van der Waals surface area (Å²) in [5.74, 6) is 0. The largest absolute Gasteiger partial charge is 0.237 e. The number of benzene rings is 8. The van der Waals surface area contributed by atoms with Crippen LogP contribution in [0, 0.1) is 0 Å². The highest BCUT2D eigenvalue weighted by molar-refractivity contribution is 6.21. The van der Waals surface area contributed by atoms with E-state index in [0.717, 1.165) is 11.4 Å². The van der Waals surface area contributed by atoms with Crippen LogP contribution in [0.1, 0.15) is 17.2 Å². The van der Waals surface area contributed by atoms with Crippen LogP contribution in [0.4, 0.5) is 11.4 Å². The van der Waals surface area contributed by atoms with Crippen molar-refractivity contribution in [3.8, 4) is 33.4 Å². The Kier molecular flexibility index (Phi) is 6.57. The number of fused-ring (bicyclic) bond motifs is 3. The fourth-order valence-electron chi connectivity index (χ4n) is 7.27. The Hall–Kier alpha value is -6.12. The minimum atomic E-state index is 0.0389. The van der Waals surface area contributed by atoms with Gasteiger partial charge in [-0.15, -0.1) is 0 Å². The second kappa shape index (κ2) is 11.3. The molecule has 9 rings (SSSR count). The van der Waals surface area contributed by atoms with Crippen LogP contribution in [0.25, 0.3) is 54.9 Å². The maximum Gasteiger partial charge on any atom is 0.237 e. The predicted molar refractivity (Wildman–Crippen MR) is 194 cm³/mol.